The first-order chi connectivity index (χ1) is 9.01. The van der Waals surface area contributed by atoms with Crippen molar-refractivity contribution >= 4 is 27.3 Å². The maximum atomic E-state index is 12.2. The van der Waals surface area contributed by atoms with Crippen molar-refractivity contribution in [3.8, 4) is 0 Å². The van der Waals surface area contributed by atoms with Gasteiger partial charge in [0, 0.05) is 11.9 Å². The Bertz CT molecular complexity index is 687. The van der Waals surface area contributed by atoms with E-state index >= 15 is 0 Å². The number of nitrogens with zero attached hydrogens (tertiary/aromatic N) is 1. The molecule has 19 heavy (non-hydrogen) atoms. The minimum Gasteiger partial charge on any atom is -0.280 e. The van der Waals surface area contributed by atoms with Crippen molar-refractivity contribution < 1.29 is 8.42 Å². The van der Waals surface area contributed by atoms with E-state index in [1.165, 1.54) is 18.3 Å². The molecule has 0 aliphatic heterocycles. The summed E-state index contributed by atoms with van der Waals surface area (Å²) in [7, 11) is -3.64. The van der Waals surface area contributed by atoms with Crippen LogP contribution in [-0.4, -0.2) is 13.4 Å². The normalized spacial score (nSPS) is 11.3. The van der Waals surface area contributed by atoms with E-state index in [0.29, 0.717) is 5.69 Å². The molecule has 0 saturated carbocycles. The molecule has 0 aliphatic rings. The Balaban J connectivity index is 2.31. The molecule has 0 spiro atoms. The van der Waals surface area contributed by atoms with Crippen LogP contribution in [0.2, 0.25) is 5.15 Å². The molecule has 6 heteroatoms. The molecule has 1 aromatic heterocycles. The van der Waals surface area contributed by atoms with E-state index in [2.05, 4.69) is 9.71 Å². The summed E-state index contributed by atoms with van der Waals surface area (Å²) >= 11 is 5.70. The SMILES string of the molecule is CCc1cccc(NS(=O)(=O)c2ccnc(Cl)c2)c1. The predicted molar refractivity (Wildman–Crippen MR) is 75.9 cm³/mol. The average Bonchev–Trinajstić information content (AvgIpc) is 2.38. The van der Waals surface area contributed by atoms with Crippen molar-refractivity contribution in [1.82, 2.24) is 4.98 Å². The fourth-order valence-corrected chi connectivity index (χ4v) is 2.92. The van der Waals surface area contributed by atoms with Gasteiger partial charge in [-0.25, -0.2) is 13.4 Å². The molecule has 2 rings (SSSR count). The highest BCUT2D eigenvalue weighted by atomic mass is 35.5. The molecule has 0 atom stereocenters. The highest BCUT2D eigenvalue weighted by Crippen LogP contribution is 2.18. The third kappa shape index (κ3) is 3.45. The van der Waals surface area contributed by atoms with E-state index in [0.717, 1.165) is 12.0 Å². The van der Waals surface area contributed by atoms with Gasteiger partial charge >= 0.3 is 0 Å². The topological polar surface area (TPSA) is 59.1 Å². The zero-order chi connectivity index (χ0) is 13.9. The number of halogens is 1. The second kappa shape index (κ2) is 5.59. The van der Waals surface area contributed by atoms with E-state index < -0.39 is 10.0 Å². The Morgan fingerprint density at radius 1 is 1.26 bits per heavy atom. The standard InChI is InChI=1S/C13H13ClN2O2S/c1-2-10-4-3-5-11(8-10)16-19(17,18)12-6-7-15-13(14)9-12/h3-9,16H,2H2,1H3. The highest BCUT2D eigenvalue weighted by molar-refractivity contribution is 7.92. The Hall–Kier alpha value is -1.59. The number of hydrogen-bond acceptors (Lipinski definition) is 3. The van der Waals surface area contributed by atoms with E-state index in [-0.39, 0.29) is 10.0 Å². The summed E-state index contributed by atoms with van der Waals surface area (Å²) in [4.78, 5) is 3.85. The van der Waals surface area contributed by atoms with Gasteiger partial charge in [-0.2, -0.15) is 0 Å². The maximum absolute atomic E-state index is 12.2. The lowest BCUT2D eigenvalue weighted by molar-refractivity contribution is 0.601. The first-order valence-electron chi connectivity index (χ1n) is 5.74. The van der Waals surface area contributed by atoms with Gasteiger partial charge in [0.2, 0.25) is 0 Å². The average molecular weight is 297 g/mol. The van der Waals surface area contributed by atoms with Gasteiger partial charge in [-0.1, -0.05) is 30.7 Å². The van der Waals surface area contributed by atoms with Gasteiger partial charge in [-0.3, -0.25) is 4.72 Å². The van der Waals surface area contributed by atoms with Crippen LogP contribution in [0.15, 0.2) is 47.5 Å². The molecular formula is C13H13ClN2O2S. The summed E-state index contributed by atoms with van der Waals surface area (Å²) in [6, 6.07) is 9.99. The fraction of sp³-hybridized carbons (Fsp3) is 0.154. The first-order valence-corrected chi connectivity index (χ1v) is 7.60. The largest absolute Gasteiger partial charge is 0.280 e. The molecule has 2 aromatic rings. The minimum atomic E-state index is -3.64. The molecule has 1 aromatic carbocycles. The Labute approximate surface area is 117 Å². The number of rotatable bonds is 4. The first kappa shape index (κ1) is 13.8. The van der Waals surface area contributed by atoms with Gasteiger partial charge in [-0.05, 0) is 36.2 Å². The zero-order valence-corrected chi connectivity index (χ0v) is 11.9. The summed E-state index contributed by atoms with van der Waals surface area (Å²) < 4.78 is 26.8. The molecule has 0 aliphatic carbocycles. The third-order valence-corrected chi connectivity index (χ3v) is 4.18. The van der Waals surface area contributed by atoms with Crippen LogP contribution in [0.1, 0.15) is 12.5 Å². The molecule has 0 unspecified atom stereocenters. The zero-order valence-electron chi connectivity index (χ0n) is 10.3. The van der Waals surface area contributed by atoms with Crippen LogP contribution in [0.3, 0.4) is 0 Å². The van der Waals surface area contributed by atoms with Crippen molar-refractivity contribution in [3.63, 3.8) is 0 Å². The highest BCUT2D eigenvalue weighted by Gasteiger charge is 2.14. The number of benzene rings is 1. The molecule has 4 nitrogen and oxygen atoms in total. The Morgan fingerprint density at radius 3 is 2.74 bits per heavy atom. The molecule has 0 radical (unpaired) electrons. The Morgan fingerprint density at radius 2 is 2.05 bits per heavy atom. The molecule has 0 saturated heterocycles. The molecule has 1 heterocycles. The maximum Gasteiger partial charge on any atom is 0.262 e. The van der Waals surface area contributed by atoms with Crippen LogP contribution in [0.5, 0.6) is 0 Å². The van der Waals surface area contributed by atoms with Crippen molar-refractivity contribution in [2.45, 2.75) is 18.2 Å². The second-order valence-corrected chi connectivity index (χ2v) is 6.04. The summed E-state index contributed by atoms with van der Waals surface area (Å²) in [5.74, 6) is 0. The van der Waals surface area contributed by atoms with Crippen LogP contribution >= 0.6 is 11.6 Å². The van der Waals surface area contributed by atoms with Crippen LogP contribution in [0.25, 0.3) is 0 Å². The van der Waals surface area contributed by atoms with E-state index in [1.54, 1.807) is 12.1 Å². The molecular weight excluding hydrogens is 284 g/mol. The van der Waals surface area contributed by atoms with Gasteiger partial charge in [0.25, 0.3) is 10.0 Å². The molecule has 0 amide bonds. The number of sulfonamides is 1. The van der Waals surface area contributed by atoms with Crippen molar-refractivity contribution in [2.75, 3.05) is 4.72 Å². The van der Waals surface area contributed by atoms with Crippen LogP contribution in [0, 0.1) is 0 Å². The van der Waals surface area contributed by atoms with E-state index in [4.69, 9.17) is 11.6 Å². The van der Waals surface area contributed by atoms with Crippen LogP contribution < -0.4 is 4.72 Å². The number of pyridine rings is 1. The van der Waals surface area contributed by atoms with Crippen molar-refractivity contribution in [3.05, 3.63) is 53.3 Å². The molecule has 0 fully saturated rings. The van der Waals surface area contributed by atoms with Gasteiger partial charge in [0.1, 0.15) is 5.15 Å². The quantitative estimate of drug-likeness (QED) is 0.882. The second-order valence-electron chi connectivity index (χ2n) is 3.97. The molecule has 0 bridgehead atoms. The molecule has 100 valence electrons. The Kier molecular flexibility index (Phi) is 4.07. The summed E-state index contributed by atoms with van der Waals surface area (Å²) in [5.41, 5.74) is 1.60. The lowest BCUT2D eigenvalue weighted by atomic mass is 10.1. The molecule has 1 N–H and O–H groups in total. The number of aryl methyl sites for hydroxylation is 1. The number of hydrogen-bond donors (Lipinski definition) is 1. The van der Waals surface area contributed by atoms with Crippen LogP contribution in [-0.2, 0) is 16.4 Å². The fourth-order valence-electron chi connectivity index (χ4n) is 1.62. The van der Waals surface area contributed by atoms with E-state index in [9.17, 15) is 8.42 Å². The van der Waals surface area contributed by atoms with Gasteiger partial charge in [0.05, 0.1) is 4.90 Å². The van der Waals surface area contributed by atoms with Crippen molar-refractivity contribution in [2.24, 2.45) is 0 Å². The smallest absolute Gasteiger partial charge is 0.262 e. The van der Waals surface area contributed by atoms with Gasteiger partial charge in [-0.15, -0.1) is 0 Å². The lowest BCUT2D eigenvalue weighted by Gasteiger charge is -2.09. The summed E-state index contributed by atoms with van der Waals surface area (Å²) in [6.45, 7) is 2.01. The van der Waals surface area contributed by atoms with Crippen LogP contribution in [0.4, 0.5) is 5.69 Å². The van der Waals surface area contributed by atoms with Gasteiger partial charge in [0.15, 0.2) is 0 Å². The third-order valence-electron chi connectivity index (χ3n) is 2.60. The van der Waals surface area contributed by atoms with Gasteiger partial charge < -0.3 is 0 Å². The van der Waals surface area contributed by atoms with E-state index in [1.807, 2.05) is 19.1 Å². The number of aromatic nitrogens is 1. The van der Waals surface area contributed by atoms with Crippen molar-refractivity contribution in [1.29, 1.82) is 0 Å². The predicted octanol–water partition coefficient (Wildman–Crippen LogP) is 3.10. The lowest BCUT2D eigenvalue weighted by Crippen LogP contribution is -2.13. The monoisotopic (exact) mass is 296 g/mol. The summed E-state index contributed by atoms with van der Waals surface area (Å²) in [5, 5.41) is 0.144. The summed E-state index contributed by atoms with van der Waals surface area (Å²) in [6.07, 6.45) is 2.20. The number of nitrogens with one attached hydrogen (secondary N) is 1. The number of anilines is 1. The minimum absolute atomic E-state index is 0.0920.